The molecule has 100 valence electrons. The van der Waals surface area contributed by atoms with Crippen LogP contribution in [0, 0.1) is 13.8 Å². The number of H-pyrrole nitrogens is 1. The second-order valence-electron chi connectivity index (χ2n) is 4.61. The molecule has 0 fully saturated rings. The number of aliphatic hydroxyl groups excluding tert-OH is 1. The first-order valence-corrected chi connectivity index (χ1v) is 6.05. The summed E-state index contributed by atoms with van der Waals surface area (Å²) in [4.78, 5) is 18.5. The molecule has 0 amide bonds. The van der Waals surface area contributed by atoms with Crippen LogP contribution >= 0.6 is 0 Å². The third-order valence-corrected chi connectivity index (χ3v) is 3.20. The largest absolute Gasteiger partial charge is 0.392 e. The highest BCUT2D eigenvalue weighted by Gasteiger charge is 2.09. The molecular weight excluding hydrogens is 242 g/mol. The average Bonchev–Trinajstić information content (AvgIpc) is 2.35. The molecule has 0 saturated heterocycles. The van der Waals surface area contributed by atoms with Gasteiger partial charge < -0.3 is 10.8 Å². The molecular formula is C14H17N3O2. The summed E-state index contributed by atoms with van der Waals surface area (Å²) in [7, 11) is 0. The van der Waals surface area contributed by atoms with Gasteiger partial charge in [0, 0.05) is 12.0 Å². The molecule has 5 nitrogen and oxygen atoms in total. The van der Waals surface area contributed by atoms with E-state index in [0.717, 1.165) is 16.7 Å². The third kappa shape index (κ3) is 2.82. The Balaban J connectivity index is 2.39. The predicted octanol–water partition coefficient (Wildman–Crippen LogP) is 1.05. The lowest BCUT2D eigenvalue weighted by molar-refractivity contribution is 0.281. The topological polar surface area (TPSA) is 92.0 Å². The molecule has 0 spiro atoms. The van der Waals surface area contributed by atoms with Gasteiger partial charge in [-0.2, -0.15) is 0 Å². The number of nitrogens with two attached hydrogens (primary N) is 1. The summed E-state index contributed by atoms with van der Waals surface area (Å²) in [6.45, 7) is 3.76. The number of aliphatic hydroxyl groups is 1. The highest BCUT2D eigenvalue weighted by molar-refractivity contribution is 5.36. The van der Waals surface area contributed by atoms with Gasteiger partial charge in [0.05, 0.1) is 12.3 Å². The van der Waals surface area contributed by atoms with E-state index in [4.69, 9.17) is 10.8 Å². The van der Waals surface area contributed by atoms with E-state index in [1.807, 2.05) is 25.1 Å². The van der Waals surface area contributed by atoms with Crippen LogP contribution in [0.3, 0.4) is 0 Å². The number of nitrogens with one attached hydrogen (secondary N) is 1. The normalized spacial score (nSPS) is 10.7. The van der Waals surface area contributed by atoms with Gasteiger partial charge in [-0.3, -0.25) is 9.78 Å². The van der Waals surface area contributed by atoms with Crippen LogP contribution in [0.25, 0.3) is 0 Å². The Kier molecular flexibility index (Phi) is 3.66. The number of anilines is 1. The van der Waals surface area contributed by atoms with Gasteiger partial charge in [-0.1, -0.05) is 18.2 Å². The molecule has 0 atom stereocenters. The zero-order chi connectivity index (χ0) is 14.0. The summed E-state index contributed by atoms with van der Waals surface area (Å²) in [6, 6.07) is 5.70. The van der Waals surface area contributed by atoms with Crippen LogP contribution in [0.4, 0.5) is 5.95 Å². The van der Waals surface area contributed by atoms with Crippen molar-refractivity contribution in [3.05, 3.63) is 56.5 Å². The van der Waals surface area contributed by atoms with Gasteiger partial charge in [0.15, 0.2) is 0 Å². The monoisotopic (exact) mass is 259 g/mol. The zero-order valence-electron chi connectivity index (χ0n) is 11.0. The average molecular weight is 259 g/mol. The number of benzene rings is 1. The number of nitrogens with zero attached hydrogens (tertiary/aromatic N) is 1. The Hall–Kier alpha value is -2.14. The number of aryl methyl sites for hydroxylation is 2. The molecule has 4 N–H and O–H groups in total. The van der Waals surface area contributed by atoms with Gasteiger partial charge in [0.1, 0.15) is 0 Å². The Morgan fingerprint density at radius 3 is 2.68 bits per heavy atom. The van der Waals surface area contributed by atoms with E-state index in [-0.39, 0.29) is 18.1 Å². The number of nitrogen functional groups attached to an aromatic ring is 1. The molecule has 0 aliphatic heterocycles. The van der Waals surface area contributed by atoms with Crippen molar-refractivity contribution in [1.82, 2.24) is 9.97 Å². The highest BCUT2D eigenvalue weighted by Crippen LogP contribution is 2.15. The first kappa shape index (κ1) is 13.3. The summed E-state index contributed by atoms with van der Waals surface area (Å²) in [5.74, 6) is 0.138. The minimum atomic E-state index is -0.198. The standard InChI is InChI=1S/C14H17N3O2/c1-8-5-10(7-18)3-4-11(8)6-12-9(2)16-14(15)17-13(12)19/h3-5,18H,6-7H2,1-2H3,(H3,15,16,17,19). The number of hydrogen-bond acceptors (Lipinski definition) is 4. The van der Waals surface area contributed by atoms with Crippen LogP contribution in [-0.4, -0.2) is 15.1 Å². The van der Waals surface area contributed by atoms with E-state index >= 15 is 0 Å². The van der Waals surface area contributed by atoms with E-state index in [2.05, 4.69) is 9.97 Å². The van der Waals surface area contributed by atoms with Crippen molar-refractivity contribution in [3.8, 4) is 0 Å². The molecule has 0 aliphatic rings. The molecule has 5 heteroatoms. The van der Waals surface area contributed by atoms with Crippen molar-refractivity contribution >= 4 is 5.95 Å². The summed E-state index contributed by atoms with van der Waals surface area (Å²) < 4.78 is 0. The fraction of sp³-hybridized carbons (Fsp3) is 0.286. The number of hydrogen-bond donors (Lipinski definition) is 3. The van der Waals surface area contributed by atoms with Crippen LogP contribution in [-0.2, 0) is 13.0 Å². The molecule has 0 unspecified atom stereocenters. The van der Waals surface area contributed by atoms with E-state index in [1.54, 1.807) is 6.92 Å². The summed E-state index contributed by atoms with van der Waals surface area (Å²) in [5, 5.41) is 9.08. The van der Waals surface area contributed by atoms with E-state index in [9.17, 15) is 4.79 Å². The lowest BCUT2D eigenvalue weighted by atomic mass is 9.99. The van der Waals surface area contributed by atoms with Crippen molar-refractivity contribution in [2.24, 2.45) is 0 Å². The molecule has 1 aromatic heterocycles. The zero-order valence-corrected chi connectivity index (χ0v) is 11.0. The van der Waals surface area contributed by atoms with Crippen molar-refractivity contribution < 1.29 is 5.11 Å². The van der Waals surface area contributed by atoms with Crippen LogP contribution in [0.5, 0.6) is 0 Å². The number of rotatable bonds is 3. The van der Waals surface area contributed by atoms with Crippen molar-refractivity contribution in [2.45, 2.75) is 26.9 Å². The van der Waals surface area contributed by atoms with Crippen molar-refractivity contribution in [2.75, 3.05) is 5.73 Å². The lowest BCUT2D eigenvalue weighted by Gasteiger charge is -2.09. The molecule has 2 rings (SSSR count). The van der Waals surface area contributed by atoms with E-state index < -0.39 is 0 Å². The minimum Gasteiger partial charge on any atom is -0.392 e. The van der Waals surface area contributed by atoms with Crippen molar-refractivity contribution in [3.63, 3.8) is 0 Å². The van der Waals surface area contributed by atoms with E-state index in [0.29, 0.717) is 17.7 Å². The van der Waals surface area contributed by atoms with Gasteiger partial charge in [-0.25, -0.2) is 4.98 Å². The van der Waals surface area contributed by atoms with Gasteiger partial charge >= 0.3 is 0 Å². The third-order valence-electron chi connectivity index (χ3n) is 3.20. The van der Waals surface area contributed by atoms with Crippen LogP contribution in [0.2, 0.25) is 0 Å². The fourth-order valence-corrected chi connectivity index (χ4v) is 2.09. The molecule has 0 aliphatic carbocycles. The molecule has 19 heavy (non-hydrogen) atoms. The first-order chi connectivity index (χ1) is 9.01. The van der Waals surface area contributed by atoms with Gasteiger partial charge in [0.25, 0.3) is 5.56 Å². The maximum atomic E-state index is 11.9. The smallest absolute Gasteiger partial charge is 0.256 e. The summed E-state index contributed by atoms with van der Waals surface area (Å²) in [6.07, 6.45) is 0.506. The maximum Gasteiger partial charge on any atom is 0.256 e. The predicted molar refractivity (Wildman–Crippen MR) is 73.9 cm³/mol. The Morgan fingerprint density at radius 2 is 2.11 bits per heavy atom. The van der Waals surface area contributed by atoms with Gasteiger partial charge in [-0.05, 0) is 30.5 Å². The van der Waals surface area contributed by atoms with Gasteiger partial charge in [-0.15, -0.1) is 0 Å². The maximum absolute atomic E-state index is 11.9. The Morgan fingerprint density at radius 1 is 1.37 bits per heavy atom. The minimum absolute atomic E-state index is 0.0180. The van der Waals surface area contributed by atoms with Gasteiger partial charge in [0.2, 0.25) is 5.95 Å². The Labute approximate surface area is 111 Å². The Bertz CT molecular complexity index is 662. The van der Waals surface area contributed by atoms with Crippen LogP contribution in [0.1, 0.15) is 27.9 Å². The molecule has 0 saturated carbocycles. The highest BCUT2D eigenvalue weighted by atomic mass is 16.3. The fourth-order valence-electron chi connectivity index (χ4n) is 2.09. The van der Waals surface area contributed by atoms with Crippen molar-refractivity contribution in [1.29, 1.82) is 0 Å². The molecule has 0 bridgehead atoms. The second kappa shape index (κ2) is 5.24. The number of aromatic nitrogens is 2. The lowest BCUT2D eigenvalue weighted by Crippen LogP contribution is -2.19. The molecule has 2 aromatic rings. The van der Waals surface area contributed by atoms with E-state index in [1.165, 1.54) is 0 Å². The number of aromatic amines is 1. The summed E-state index contributed by atoms with van der Waals surface area (Å²) in [5.41, 5.74) is 9.51. The molecule has 1 aromatic carbocycles. The SMILES string of the molecule is Cc1cc(CO)ccc1Cc1c(C)nc(N)[nH]c1=O. The van der Waals surface area contributed by atoms with Crippen LogP contribution in [0.15, 0.2) is 23.0 Å². The summed E-state index contributed by atoms with van der Waals surface area (Å²) >= 11 is 0. The van der Waals surface area contributed by atoms with Crippen LogP contribution < -0.4 is 11.3 Å². The second-order valence-corrected chi connectivity index (χ2v) is 4.61. The quantitative estimate of drug-likeness (QED) is 0.768. The molecule has 1 heterocycles. The first-order valence-electron chi connectivity index (χ1n) is 6.05. The molecule has 0 radical (unpaired) electrons.